The molecule has 6 nitrogen and oxygen atoms in total. The van der Waals surface area contributed by atoms with Gasteiger partial charge in [0, 0.05) is 4.88 Å². The van der Waals surface area contributed by atoms with Gasteiger partial charge in [-0.2, -0.15) is 0 Å². The normalized spacial score (nSPS) is 13.3. The van der Waals surface area contributed by atoms with Gasteiger partial charge in [-0.25, -0.2) is 0 Å². The minimum absolute atomic E-state index is 0.140. The van der Waals surface area contributed by atoms with Gasteiger partial charge in [0.25, 0.3) is 11.8 Å². The lowest BCUT2D eigenvalue weighted by Crippen LogP contribution is -2.43. The zero-order valence-electron chi connectivity index (χ0n) is 15.2. The first-order valence-electron chi connectivity index (χ1n) is 9.19. The van der Waals surface area contributed by atoms with Gasteiger partial charge in [-0.15, -0.1) is 11.3 Å². The molecular weight excluding hydrogens is 364 g/mol. The number of aryl methyl sites for hydroxylation is 2. The Morgan fingerprint density at radius 1 is 1.00 bits per heavy atom. The molecule has 0 atom stereocenters. The van der Waals surface area contributed by atoms with Crippen LogP contribution in [0.25, 0.3) is 0 Å². The molecule has 2 aromatic rings. The summed E-state index contributed by atoms with van der Waals surface area (Å²) in [6.07, 6.45) is 5.67. The molecule has 1 aromatic carbocycles. The monoisotopic (exact) mass is 388 g/mol. The van der Waals surface area contributed by atoms with E-state index in [1.807, 2.05) is 36.4 Å². The highest BCUT2D eigenvalue weighted by atomic mass is 32.1. The molecule has 27 heavy (non-hydrogen) atoms. The topological polar surface area (TPSA) is 76.7 Å². The van der Waals surface area contributed by atoms with Crippen molar-refractivity contribution in [3.8, 4) is 5.75 Å². The third-order valence-corrected chi connectivity index (χ3v) is 5.49. The predicted molar refractivity (Wildman–Crippen MR) is 104 cm³/mol. The molecule has 1 heterocycles. The van der Waals surface area contributed by atoms with Crippen LogP contribution in [0.1, 0.15) is 39.4 Å². The molecule has 0 spiro atoms. The molecule has 0 bridgehead atoms. The molecule has 1 aliphatic rings. The maximum absolute atomic E-state index is 12.2. The number of rotatable bonds is 7. The highest BCUT2D eigenvalue weighted by Gasteiger charge is 2.16. The zero-order valence-corrected chi connectivity index (χ0v) is 16.0. The Labute approximate surface area is 162 Å². The molecule has 0 unspecified atom stereocenters. The summed E-state index contributed by atoms with van der Waals surface area (Å²) in [5, 5.41) is 0. The Morgan fingerprint density at radius 2 is 1.81 bits per heavy atom. The maximum atomic E-state index is 12.2. The van der Waals surface area contributed by atoms with E-state index < -0.39 is 5.91 Å². The van der Waals surface area contributed by atoms with Crippen LogP contribution in [-0.2, 0) is 22.4 Å². The SMILES string of the molecule is O=C(COCCOc1ccccc1)NNC(=O)c1cc2c(s1)CCCCC2. The van der Waals surface area contributed by atoms with Gasteiger partial charge in [-0.1, -0.05) is 24.6 Å². The summed E-state index contributed by atoms with van der Waals surface area (Å²) in [6.45, 7) is 0.498. The minimum Gasteiger partial charge on any atom is -0.491 e. The number of carbonyl (C=O) groups is 2. The number of carbonyl (C=O) groups excluding carboxylic acids is 2. The van der Waals surface area contributed by atoms with E-state index in [1.165, 1.54) is 41.0 Å². The first-order chi connectivity index (χ1) is 13.2. The standard InChI is InChI=1S/C20H24N2O4S/c23-19(14-25-11-12-26-16-8-4-2-5-9-16)21-22-20(24)18-13-15-7-3-1-6-10-17(15)27-18/h2,4-5,8-9,13H,1,3,6-7,10-12,14H2,(H,21,23)(H,22,24). The van der Waals surface area contributed by atoms with Crippen LogP contribution < -0.4 is 15.6 Å². The van der Waals surface area contributed by atoms with Crippen molar-refractivity contribution in [3.63, 3.8) is 0 Å². The Hall–Kier alpha value is -2.38. The Morgan fingerprint density at radius 3 is 2.67 bits per heavy atom. The fourth-order valence-corrected chi connectivity index (χ4v) is 4.05. The second-order valence-corrected chi connectivity index (χ2v) is 7.47. The average molecular weight is 388 g/mol. The van der Waals surface area contributed by atoms with E-state index in [1.54, 1.807) is 0 Å². The summed E-state index contributed by atoms with van der Waals surface area (Å²) in [5.41, 5.74) is 6.11. The van der Waals surface area contributed by atoms with Gasteiger partial charge in [0.05, 0.1) is 11.5 Å². The number of amides is 2. The van der Waals surface area contributed by atoms with Gasteiger partial charge < -0.3 is 9.47 Å². The van der Waals surface area contributed by atoms with E-state index >= 15 is 0 Å². The van der Waals surface area contributed by atoms with Gasteiger partial charge >= 0.3 is 0 Å². The molecule has 0 saturated carbocycles. The van der Waals surface area contributed by atoms with E-state index in [2.05, 4.69) is 10.9 Å². The van der Waals surface area contributed by atoms with Crippen molar-refractivity contribution < 1.29 is 19.1 Å². The lowest BCUT2D eigenvalue weighted by Gasteiger charge is -2.08. The maximum Gasteiger partial charge on any atom is 0.279 e. The number of hydrazine groups is 1. The second kappa shape index (κ2) is 10.1. The second-order valence-electron chi connectivity index (χ2n) is 6.34. The number of hydrogen-bond acceptors (Lipinski definition) is 5. The zero-order chi connectivity index (χ0) is 18.9. The third kappa shape index (κ3) is 6.08. The quantitative estimate of drug-likeness (QED) is 0.434. The van der Waals surface area contributed by atoms with Crippen LogP contribution in [0.5, 0.6) is 5.75 Å². The lowest BCUT2D eigenvalue weighted by molar-refractivity contribution is -0.126. The summed E-state index contributed by atoms with van der Waals surface area (Å²) < 4.78 is 10.7. The lowest BCUT2D eigenvalue weighted by atomic mass is 10.1. The molecule has 2 amide bonds. The smallest absolute Gasteiger partial charge is 0.279 e. The average Bonchev–Trinajstić information content (AvgIpc) is 2.97. The summed E-state index contributed by atoms with van der Waals surface area (Å²) in [6, 6.07) is 11.3. The van der Waals surface area contributed by atoms with Crippen LogP contribution in [-0.4, -0.2) is 31.6 Å². The number of hydrogen-bond donors (Lipinski definition) is 2. The Bertz CT molecular complexity index is 737. The van der Waals surface area contributed by atoms with Crippen molar-refractivity contribution in [1.82, 2.24) is 10.9 Å². The number of nitrogens with one attached hydrogen (secondary N) is 2. The van der Waals surface area contributed by atoms with Crippen molar-refractivity contribution in [2.24, 2.45) is 0 Å². The number of fused-ring (bicyclic) bond motifs is 1. The van der Waals surface area contributed by atoms with Gasteiger partial charge in [0.15, 0.2) is 0 Å². The Balaban J connectivity index is 1.32. The first kappa shape index (κ1) is 19.4. The molecule has 7 heteroatoms. The van der Waals surface area contributed by atoms with Crippen molar-refractivity contribution >= 4 is 23.2 Å². The van der Waals surface area contributed by atoms with Crippen molar-refractivity contribution in [3.05, 3.63) is 51.7 Å². The van der Waals surface area contributed by atoms with Gasteiger partial charge in [0.1, 0.15) is 19.0 Å². The molecule has 3 rings (SSSR count). The van der Waals surface area contributed by atoms with E-state index in [4.69, 9.17) is 9.47 Å². The molecular formula is C20H24N2O4S. The molecule has 0 saturated heterocycles. The summed E-state index contributed by atoms with van der Waals surface area (Å²) in [7, 11) is 0. The van der Waals surface area contributed by atoms with Crippen LogP contribution in [0.3, 0.4) is 0 Å². The fraction of sp³-hybridized carbons (Fsp3) is 0.400. The summed E-state index contributed by atoms with van der Waals surface area (Å²) >= 11 is 1.52. The van der Waals surface area contributed by atoms with Crippen molar-refractivity contribution in [1.29, 1.82) is 0 Å². The molecule has 2 N–H and O–H groups in total. The van der Waals surface area contributed by atoms with Gasteiger partial charge in [-0.05, 0) is 49.4 Å². The van der Waals surface area contributed by atoms with E-state index in [0.29, 0.717) is 11.5 Å². The highest BCUT2D eigenvalue weighted by Crippen LogP contribution is 2.28. The van der Waals surface area contributed by atoms with Gasteiger partial charge in [0.2, 0.25) is 0 Å². The molecule has 0 fully saturated rings. The van der Waals surface area contributed by atoms with Crippen LogP contribution in [0.4, 0.5) is 0 Å². The molecule has 0 radical (unpaired) electrons. The molecule has 144 valence electrons. The Kier molecular flexibility index (Phi) is 7.24. The number of benzene rings is 1. The molecule has 1 aromatic heterocycles. The van der Waals surface area contributed by atoms with Crippen LogP contribution >= 0.6 is 11.3 Å². The van der Waals surface area contributed by atoms with Crippen LogP contribution in [0.2, 0.25) is 0 Å². The van der Waals surface area contributed by atoms with Crippen LogP contribution in [0, 0.1) is 0 Å². The van der Waals surface area contributed by atoms with E-state index in [0.717, 1.165) is 18.6 Å². The van der Waals surface area contributed by atoms with Crippen LogP contribution in [0.15, 0.2) is 36.4 Å². The van der Waals surface area contributed by atoms with Crippen molar-refractivity contribution in [2.75, 3.05) is 19.8 Å². The van der Waals surface area contributed by atoms with Gasteiger partial charge in [-0.3, -0.25) is 20.4 Å². The summed E-state index contributed by atoms with van der Waals surface area (Å²) in [5.74, 6) is 0.0715. The number of para-hydroxylation sites is 1. The number of thiophene rings is 1. The van der Waals surface area contributed by atoms with E-state index in [-0.39, 0.29) is 19.1 Å². The number of ether oxygens (including phenoxy) is 2. The molecule has 0 aliphatic heterocycles. The summed E-state index contributed by atoms with van der Waals surface area (Å²) in [4.78, 5) is 25.9. The highest BCUT2D eigenvalue weighted by molar-refractivity contribution is 7.14. The largest absolute Gasteiger partial charge is 0.491 e. The van der Waals surface area contributed by atoms with E-state index in [9.17, 15) is 9.59 Å². The minimum atomic E-state index is -0.402. The molecule has 1 aliphatic carbocycles. The van der Waals surface area contributed by atoms with Crippen molar-refractivity contribution in [2.45, 2.75) is 32.1 Å². The third-order valence-electron chi connectivity index (χ3n) is 4.26. The fourth-order valence-electron chi connectivity index (χ4n) is 2.90. The first-order valence-corrected chi connectivity index (χ1v) is 10.0. The predicted octanol–water partition coefficient (Wildman–Crippen LogP) is 2.87.